The fourth-order valence-corrected chi connectivity index (χ4v) is 4.41. The Kier molecular flexibility index (Phi) is 2.89. The summed E-state index contributed by atoms with van der Waals surface area (Å²) in [7, 11) is -3.28. The minimum Gasteiger partial charge on any atom is -0.333 e. The predicted octanol–water partition coefficient (Wildman–Crippen LogP) is -1.11. The summed E-state index contributed by atoms with van der Waals surface area (Å²) >= 11 is 0. The fourth-order valence-electron chi connectivity index (χ4n) is 2.51. The number of hydrazine groups is 1. The number of hydrogen-bond donors (Lipinski definition) is 2. The van der Waals surface area contributed by atoms with Gasteiger partial charge in [0.1, 0.15) is 11.1 Å². The van der Waals surface area contributed by atoms with E-state index in [-0.39, 0.29) is 6.04 Å². The van der Waals surface area contributed by atoms with Gasteiger partial charge in [0, 0.05) is 38.1 Å². The van der Waals surface area contributed by atoms with Crippen molar-refractivity contribution in [3.05, 3.63) is 18.2 Å². The zero-order valence-corrected chi connectivity index (χ0v) is 11.0. The highest BCUT2D eigenvalue weighted by Crippen LogP contribution is 2.20. The van der Waals surface area contributed by atoms with E-state index in [2.05, 4.69) is 15.8 Å². The highest BCUT2D eigenvalue weighted by Gasteiger charge is 2.40. The van der Waals surface area contributed by atoms with E-state index in [4.69, 9.17) is 0 Å². The molecule has 100 valence electrons. The van der Waals surface area contributed by atoms with Crippen molar-refractivity contribution in [3.63, 3.8) is 0 Å². The van der Waals surface area contributed by atoms with E-state index in [1.54, 1.807) is 10.5 Å². The predicted molar refractivity (Wildman–Crippen MR) is 65.9 cm³/mol. The molecule has 2 aliphatic heterocycles. The van der Waals surface area contributed by atoms with Crippen LogP contribution in [-0.2, 0) is 23.1 Å². The lowest BCUT2D eigenvalue weighted by Crippen LogP contribution is -2.47. The molecule has 2 unspecified atom stereocenters. The first kappa shape index (κ1) is 12.1. The number of rotatable bonds is 2. The molecule has 1 aromatic heterocycles. The van der Waals surface area contributed by atoms with Crippen molar-refractivity contribution in [2.24, 2.45) is 0 Å². The SMILES string of the molecule is CC1NNCC1S(=O)(=O)N1CCn2ccnc2C1. The van der Waals surface area contributed by atoms with Gasteiger partial charge in [0.05, 0.1) is 6.54 Å². The van der Waals surface area contributed by atoms with Crippen LogP contribution < -0.4 is 10.9 Å². The van der Waals surface area contributed by atoms with Gasteiger partial charge in [-0.2, -0.15) is 4.31 Å². The van der Waals surface area contributed by atoms with E-state index < -0.39 is 15.3 Å². The van der Waals surface area contributed by atoms with Crippen molar-refractivity contribution in [2.45, 2.75) is 31.3 Å². The van der Waals surface area contributed by atoms with E-state index in [1.165, 1.54) is 0 Å². The van der Waals surface area contributed by atoms with E-state index in [9.17, 15) is 8.42 Å². The number of hydrogen-bond acceptors (Lipinski definition) is 5. The van der Waals surface area contributed by atoms with Crippen molar-refractivity contribution in [3.8, 4) is 0 Å². The van der Waals surface area contributed by atoms with E-state index >= 15 is 0 Å². The van der Waals surface area contributed by atoms with Crippen LogP contribution in [0.1, 0.15) is 12.7 Å². The normalized spacial score (nSPS) is 29.4. The Bertz CT molecular complexity index is 540. The molecule has 7 nitrogen and oxygen atoms in total. The Labute approximate surface area is 106 Å². The summed E-state index contributed by atoms with van der Waals surface area (Å²) in [5.74, 6) is 0.816. The molecule has 0 bridgehead atoms. The zero-order valence-electron chi connectivity index (χ0n) is 10.2. The summed E-state index contributed by atoms with van der Waals surface area (Å²) in [6.07, 6.45) is 3.60. The van der Waals surface area contributed by atoms with Gasteiger partial charge in [-0.05, 0) is 6.92 Å². The topological polar surface area (TPSA) is 79.3 Å². The van der Waals surface area contributed by atoms with Crippen molar-refractivity contribution < 1.29 is 8.42 Å². The summed E-state index contributed by atoms with van der Waals surface area (Å²) in [5, 5.41) is -0.404. The molecule has 2 N–H and O–H groups in total. The minimum absolute atomic E-state index is 0.0725. The molecule has 1 saturated heterocycles. The second kappa shape index (κ2) is 4.30. The van der Waals surface area contributed by atoms with Gasteiger partial charge in [-0.15, -0.1) is 0 Å². The quantitative estimate of drug-likeness (QED) is 0.713. The third kappa shape index (κ3) is 1.85. The standard InChI is InChI=1S/C10H17N5O2S/c1-8-9(6-12-13-8)18(16,17)15-5-4-14-3-2-11-10(14)7-15/h2-3,8-9,12-13H,4-7H2,1H3. The molecule has 0 aliphatic carbocycles. The maximum atomic E-state index is 12.5. The zero-order chi connectivity index (χ0) is 12.8. The number of nitrogens with one attached hydrogen (secondary N) is 2. The van der Waals surface area contributed by atoms with Gasteiger partial charge in [-0.1, -0.05) is 0 Å². The Morgan fingerprint density at radius 2 is 2.28 bits per heavy atom. The van der Waals surface area contributed by atoms with Gasteiger partial charge < -0.3 is 4.57 Å². The van der Waals surface area contributed by atoms with Gasteiger partial charge in [-0.3, -0.25) is 10.9 Å². The van der Waals surface area contributed by atoms with Gasteiger partial charge in [0.2, 0.25) is 10.0 Å². The summed E-state index contributed by atoms with van der Waals surface area (Å²) < 4.78 is 28.6. The second-order valence-electron chi connectivity index (χ2n) is 4.77. The highest BCUT2D eigenvalue weighted by atomic mass is 32.2. The first-order valence-corrected chi connectivity index (χ1v) is 7.57. The lowest BCUT2D eigenvalue weighted by atomic mass is 10.3. The Hall–Kier alpha value is -0.960. The van der Waals surface area contributed by atoms with Crippen LogP contribution in [0.3, 0.4) is 0 Å². The van der Waals surface area contributed by atoms with E-state index in [1.807, 2.05) is 17.7 Å². The number of sulfonamides is 1. The van der Waals surface area contributed by atoms with Crippen molar-refractivity contribution in [1.82, 2.24) is 24.7 Å². The largest absolute Gasteiger partial charge is 0.333 e. The maximum Gasteiger partial charge on any atom is 0.220 e. The van der Waals surface area contributed by atoms with E-state index in [0.29, 0.717) is 26.2 Å². The van der Waals surface area contributed by atoms with Crippen molar-refractivity contribution >= 4 is 10.0 Å². The highest BCUT2D eigenvalue weighted by molar-refractivity contribution is 7.89. The number of aromatic nitrogens is 2. The molecule has 2 aliphatic rings. The van der Waals surface area contributed by atoms with Crippen LogP contribution in [-0.4, -0.2) is 46.7 Å². The molecule has 1 aromatic rings. The van der Waals surface area contributed by atoms with Crippen molar-refractivity contribution in [1.29, 1.82) is 0 Å². The summed E-state index contributed by atoms with van der Waals surface area (Å²) in [5.41, 5.74) is 5.86. The Balaban J connectivity index is 1.83. The third-order valence-electron chi connectivity index (χ3n) is 3.64. The lowest BCUT2D eigenvalue weighted by molar-refractivity contribution is 0.330. The van der Waals surface area contributed by atoms with Crippen LogP contribution in [0, 0.1) is 0 Å². The first-order valence-electron chi connectivity index (χ1n) is 6.06. The average Bonchev–Trinajstić information content (AvgIpc) is 2.95. The van der Waals surface area contributed by atoms with E-state index in [0.717, 1.165) is 5.82 Å². The van der Waals surface area contributed by atoms with Crippen molar-refractivity contribution in [2.75, 3.05) is 13.1 Å². The third-order valence-corrected chi connectivity index (χ3v) is 6.01. The van der Waals surface area contributed by atoms with Crippen LogP contribution in [0.15, 0.2) is 12.4 Å². The molecule has 0 radical (unpaired) electrons. The van der Waals surface area contributed by atoms with Crippen LogP contribution in [0.25, 0.3) is 0 Å². The van der Waals surface area contributed by atoms with Gasteiger partial charge >= 0.3 is 0 Å². The molecule has 0 aromatic carbocycles. The molecule has 3 rings (SSSR count). The first-order chi connectivity index (χ1) is 8.59. The molecule has 0 spiro atoms. The van der Waals surface area contributed by atoms with Crippen LogP contribution in [0.5, 0.6) is 0 Å². The van der Waals surface area contributed by atoms with Gasteiger partial charge in [-0.25, -0.2) is 13.4 Å². The molecule has 8 heteroatoms. The maximum absolute atomic E-state index is 12.5. The lowest BCUT2D eigenvalue weighted by Gasteiger charge is -2.30. The Morgan fingerprint density at radius 1 is 1.44 bits per heavy atom. The van der Waals surface area contributed by atoms with Crippen LogP contribution in [0.2, 0.25) is 0 Å². The molecular formula is C10H17N5O2S. The molecule has 1 fully saturated rings. The van der Waals surface area contributed by atoms with Crippen LogP contribution in [0.4, 0.5) is 0 Å². The second-order valence-corrected chi connectivity index (χ2v) is 6.92. The summed E-state index contributed by atoms with van der Waals surface area (Å²) in [6.45, 7) is 3.91. The molecule has 0 saturated carbocycles. The molecule has 2 atom stereocenters. The minimum atomic E-state index is -3.28. The molecule has 0 amide bonds. The fraction of sp³-hybridized carbons (Fsp3) is 0.700. The van der Waals surface area contributed by atoms with Crippen LogP contribution >= 0.6 is 0 Å². The number of imidazole rings is 1. The molecular weight excluding hydrogens is 254 g/mol. The number of fused-ring (bicyclic) bond motifs is 1. The smallest absolute Gasteiger partial charge is 0.220 e. The van der Waals surface area contributed by atoms with Gasteiger partial charge in [0.25, 0.3) is 0 Å². The molecule has 18 heavy (non-hydrogen) atoms. The molecule has 3 heterocycles. The Morgan fingerprint density at radius 3 is 3.00 bits per heavy atom. The monoisotopic (exact) mass is 271 g/mol. The summed E-state index contributed by atoms with van der Waals surface area (Å²) in [6, 6.07) is -0.0725. The average molecular weight is 271 g/mol. The number of nitrogens with zero attached hydrogens (tertiary/aromatic N) is 3. The summed E-state index contributed by atoms with van der Waals surface area (Å²) in [4.78, 5) is 4.19. The van der Waals surface area contributed by atoms with Gasteiger partial charge in [0.15, 0.2) is 0 Å².